The molecule has 14 nitrogen and oxygen atoms in total. The SMILES string of the molecule is CC(CCCOCC(F)([N+](=O)[O-])[N+](=O)[O-])OCC(F)([N+](=O)[O-])[N+](=O)[O-]. The predicted molar refractivity (Wildman–Crippen MR) is 71.1 cm³/mol. The van der Waals surface area contributed by atoms with Crippen molar-refractivity contribution in [3.63, 3.8) is 0 Å². The molecule has 0 amide bonds. The molecule has 0 aliphatic rings. The average molecular weight is 376 g/mol. The van der Waals surface area contributed by atoms with Gasteiger partial charge in [0.05, 0.1) is 6.10 Å². The fourth-order valence-corrected chi connectivity index (χ4v) is 1.35. The van der Waals surface area contributed by atoms with Crippen molar-refractivity contribution < 1.29 is 37.9 Å². The number of nitrogens with zero attached hydrogens (tertiary/aromatic N) is 4. The number of hydrogen-bond donors (Lipinski definition) is 0. The summed E-state index contributed by atoms with van der Waals surface area (Å²) in [7, 11) is 0. The zero-order valence-corrected chi connectivity index (χ0v) is 12.7. The van der Waals surface area contributed by atoms with E-state index in [1.165, 1.54) is 6.92 Å². The van der Waals surface area contributed by atoms with Crippen LogP contribution in [-0.4, -0.2) is 57.5 Å². The maximum Gasteiger partial charge on any atom is 0.637 e. The fourth-order valence-electron chi connectivity index (χ4n) is 1.35. The molecule has 0 rings (SSSR count). The minimum atomic E-state index is -4.00. The van der Waals surface area contributed by atoms with Crippen molar-refractivity contribution in [2.75, 3.05) is 19.8 Å². The zero-order valence-electron chi connectivity index (χ0n) is 12.7. The van der Waals surface area contributed by atoms with E-state index in [-0.39, 0.29) is 19.4 Å². The number of rotatable bonds is 13. The van der Waals surface area contributed by atoms with Crippen molar-refractivity contribution >= 4 is 0 Å². The van der Waals surface area contributed by atoms with Crippen LogP contribution in [0.15, 0.2) is 0 Å². The van der Waals surface area contributed by atoms with E-state index in [1.54, 1.807) is 0 Å². The van der Waals surface area contributed by atoms with Gasteiger partial charge in [-0.1, -0.05) is 8.78 Å². The van der Waals surface area contributed by atoms with Crippen LogP contribution in [0.1, 0.15) is 19.8 Å². The van der Waals surface area contributed by atoms with Gasteiger partial charge in [0, 0.05) is 6.61 Å². The highest BCUT2D eigenvalue weighted by Gasteiger charge is 2.59. The molecule has 25 heavy (non-hydrogen) atoms. The second-order valence-corrected chi connectivity index (χ2v) is 4.78. The Morgan fingerprint density at radius 2 is 1.28 bits per heavy atom. The molecule has 16 heteroatoms. The Morgan fingerprint density at radius 1 is 0.880 bits per heavy atom. The highest BCUT2D eigenvalue weighted by Crippen LogP contribution is 2.16. The van der Waals surface area contributed by atoms with Gasteiger partial charge in [0.2, 0.25) is 13.2 Å². The van der Waals surface area contributed by atoms with Crippen LogP contribution < -0.4 is 0 Å². The Bertz CT molecular complexity index is 505. The van der Waals surface area contributed by atoms with E-state index in [0.717, 1.165) is 0 Å². The van der Waals surface area contributed by atoms with Gasteiger partial charge in [-0.15, -0.1) is 0 Å². The van der Waals surface area contributed by atoms with Crippen LogP contribution in [0.2, 0.25) is 0 Å². The Balaban J connectivity index is 4.23. The lowest BCUT2D eigenvalue weighted by molar-refractivity contribution is -0.833. The first-order valence-corrected chi connectivity index (χ1v) is 6.53. The predicted octanol–water partition coefficient (Wildman–Crippen LogP) is 0.542. The molecule has 0 bridgehead atoms. The molecular weight excluding hydrogens is 362 g/mol. The molecule has 0 fully saturated rings. The van der Waals surface area contributed by atoms with Gasteiger partial charge in [-0.3, -0.25) is 40.5 Å². The van der Waals surface area contributed by atoms with Crippen molar-refractivity contribution in [1.29, 1.82) is 0 Å². The van der Waals surface area contributed by atoms with E-state index >= 15 is 0 Å². The van der Waals surface area contributed by atoms with Crippen LogP contribution in [0.25, 0.3) is 0 Å². The molecule has 0 N–H and O–H groups in total. The summed E-state index contributed by atoms with van der Waals surface area (Å²) in [6.45, 7) is -1.97. The van der Waals surface area contributed by atoms with Crippen molar-refractivity contribution in [2.24, 2.45) is 0 Å². The van der Waals surface area contributed by atoms with Gasteiger partial charge in [0.25, 0.3) is 0 Å². The number of hydrogen-bond acceptors (Lipinski definition) is 10. The van der Waals surface area contributed by atoms with Gasteiger partial charge < -0.3 is 9.47 Å². The lowest BCUT2D eigenvalue weighted by Crippen LogP contribution is -2.46. The van der Waals surface area contributed by atoms with E-state index in [2.05, 4.69) is 9.47 Å². The Morgan fingerprint density at radius 3 is 1.68 bits per heavy atom. The van der Waals surface area contributed by atoms with Gasteiger partial charge in [-0.05, 0) is 19.8 Å². The molecule has 0 aliphatic heterocycles. The van der Waals surface area contributed by atoms with Crippen molar-refractivity contribution in [1.82, 2.24) is 0 Å². The lowest BCUT2D eigenvalue weighted by atomic mass is 10.2. The van der Waals surface area contributed by atoms with Crippen molar-refractivity contribution in [3.8, 4) is 0 Å². The topological polar surface area (TPSA) is 191 Å². The van der Waals surface area contributed by atoms with Crippen LogP contribution in [0.5, 0.6) is 0 Å². The summed E-state index contributed by atoms with van der Waals surface area (Å²) in [5.41, 5.74) is 0. The summed E-state index contributed by atoms with van der Waals surface area (Å²) < 4.78 is 35.9. The van der Waals surface area contributed by atoms with E-state index < -0.39 is 50.8 Å². The molecule has 0 aromatic heterocycles. The minimum Gasteiger partial charge on any atom is -0.364 e. The quantitative estimate of drug-likeness (QED) is 0.144. The third-order valence-corrected chi connectivity index (χ3v) is 2.86. The van der Waals surface area contributed by atoms with E-state index in [9.17, 15) is 49.2 Å². The van der Waals surface area contributed by atoms with E-state index in [0.29, 0.717) is 0 Å². The summed E-state index contributed by atoms with van der Waals surface area (Å²) in [4.78, 5) is 34.2. The number of nitro groups is 4. The maximum atomic E-state index is 13.4. The van der Waals surface area contributed by atoms with Crippen LogP contribution >= 0.6 is 0 Å². The summed E-state index contributed by atoms with van der Waals surface area (Å²) in [6, 6.07) is 0. The molecule has 1 unspecified atom stereocenters. The third kappa shape index (κ3) is 6.07. The average Bonchev–Trinajstić information content (AvgIpc) is 2.50. The van der Waals surface area contributed by atoms with Gasteiger partial charge in [-0.25, -0.2) is 0 Å². The zero-order chi connectivity index (χ0) is 19.8. The number of alkyl halides is 2. The molecule has 0 saturated heterocycles. The molecule has 0 aromatic rings. The van der Waals surface area contributed by atoms with Crippen LogP contribution in [-0.2, 0) is 9.47 Å². The standard InChI is InChI=1S/C9H14F2N4O10/c1-7(25-6-9(11,14(20)21)15(22)23)3-2-4-24-5-8(10,12(16)17)13(18)19/h7H,2-6H2,1H3. The molecule has 0 radical (unpaired) electrons. The van der Waals surface area contributed by atoms with Gasteiger partial charge >= 0.3 is 11.8 Å². The van der Waals surface area contributed by atoms with Crippen LogP contribution in [0.4, 0.5) is 8.78 Å². The smallest absolute Gasteiger partial charge is 0.364 e. The summed E-state index contributed by atoms with van der Waals surface area (Å²) >= 11 is 0. The van der Waals surface area contributed by atoms with Crippen LogP contribution in [0.3, 0.4) is 0 Å². The van der Waals surface area contributed by atoms with Crippen molar-refractivity contribution in [3.05, 3.63) is 40.5 Å². The normalized spacial score (nSPS) is 13.2. The first-order chi connectivity index (χ1) is 11.4. The number of ether oxygens (including phenoxy) is 2. The minimum absolute atomic E-state index is 0.00171. The number of halogens is 2. The van der Waals surface area contributed by atoms with E-state index in [4.69, 9.17) is 0 Å². The highest BCUT2D eigenvalue weighted by molar-refractivity contribution is 4.56. The molecule has 0 saturated carbocycles. The Labute approximate surface area is 137 Å². The van der Waals surface area contributed by atoms with Gasteiger partial charge in [0.1, 0.15) is 19.7 Å². The monoisotopic (exact) mass is 376 g/mol. The second-order valence-electron chi connectivity index (χ2n) is 4.78. The Kier molecular flexibility index (Phi) is 8.07. The first-order valence-electron chi connectivity index (χ1n) is 6.53. The maximum absolute atomic E-state index is 13.4. The summed E-state index contributed by atoms with van der Waals surface area (Å²) in [6.07, 6.45) is -0.898. The van der Waals surface area contributed by atoms with Crippen molar-refractivity contribution in [2.45, 2.75) is 37.7 Å². The fraction of sp³-hybridized carbons (Fsp3) is 1.00. The van der Waals surface area contributed by atoms with Crippen LogP contribution in [0, 0.1) is 40.5 Å². The molecule has 0 aliphatic carbocycles. The molecule has 1 atom stereocenters. The van der Waals surface area contributed by atoms with Gasteiger partial charge in [0.15, 0.2) is 0 Å². The van der Waals surface area contributed by atoms with Gasteiger partial charge in [-0.2, -0.15) is 0 Å². The molecule has 0 spiro atoms. The summed E-state index contributed by atoms with van der Waals surface area (Å²) in [5, 5.41) is 41.2. The third-order valence-electron chi connectivity index (χ3n) is 2.86. The summed E-state index contributed by atoms with van der Waals surface area (Å²) in [5.74, 6) is -8.00. The van der Waals surface area contributed by atoms with E-state index in [1.807, 2.05) is 0 Å². The largest absolute Gasteiger partial charge is 0.637 e. The molecule has 144 valence electrons. The molecule has 0 aromatic carbocycles. The highest BCUT2D eigenvalue weighted by atomic mass is 19.2. The first kappa shape index (κ1) is 22.4. The Hall–Kier alpha value is -2.62. The lowest BCUT2D eigenvalue weighted by Gasteiger charge is -2.14. The molecular formula is C9H14F2N4O10. The molecule has 0 heterocycles. The second kappa shape index (κ2) is 9.02.